The number of rotatable bonds is 5. The molecule has 1 N–H and O–H groups in total. The lowest BCUT2D eigenvalue weighted by molar-refractivity contribution is 0.102. The van der Waals surface area contributed by atoms with Crippen LogP contribution in [0.1, 0.15) is 16.1 Å². The lowest BCUT2D eigenvalue weighted by Crippen LogP contribution is -2.17. The SMILES string of the molecule is CSc1ncc(C(=O)Nc2ccc(-n3cnnn3)c(C)c2)n1-c1ccccc1. The van der Waals surface area contributed by atoms with Crippen molar-refractivity contribution in [2.75, 3.05) is 11.6 Å². The molecule has 0 atom stereocenters. The number of thioether (sulfide) groups is 1. The molecule has 8 nitrogen and oxygen atoms in total. The molecule has 1 amide bonds. The van der Waals surface area contributed by atoms with Gasteiger partial charge in [0.15, 0.2) is 5.16 Å². The monoisotopic (exact) mass is 391 g/mol. The van der Waals surface area contributed by atoms with Gasteiger partial charge < -0.3 is 5.32 Å². The van der Waals surface area contributed by atoms with Crippen LogP contribution < -0.4 is 5.32 Å². The number of nitrogens with one attached hydrogen (secondary N) is 1. The van der Waals surface area contributed by atoms with Gasteiger partial charge in [-0.1, -0.05) is 30.0 Å². The van der Waals surface area contributed by atoms with Crippen LogP contribution in [0.3, 0.4) is 0 Å². The van der Waals surface area contributed by atoms with Crippen molar-refractivity contribution in [1.82, 2.24) is 29.8 Å². The number of amides is 1. The molecule has 9 heteroatoms. The topological polar surface area (TPSA) is 90.5 Å². The first-order chi connectivity index (χ1) is 13.7. The molecule has 2 aromatic carbocycles. The number of para-hydroxylation sites is 1. The lowest BCUT2D eigenvalue weighted by Gasteiger charge is -2.12. The Labute approximate surface area is 165 Å². The summed E-state index contributed by atoms with van der Waals surface area (Å²) in [6, 6.07) is 15.3. The second-order valence-corrected chi connectivity index (χ2v) is 6.78. The van der Waals surface area contributed by atoms with E-state index >= 15 is 0 Å². The maximum atomic E-state index is 12.9. The molecule has 0 aliphatic heterocycles. The number of aromatic nitrogens is 6. The Kier molecular flexibility index (Phi) is 4.90. The highest BCUT2D eigenvalue weighted by molar-refractivity contribution is 7.98. The standard InChI is InChI=1S/C19H17N7OS/c1-13-10-14(8-9-16(13)25-12-21-23-24-25)22-18(27)17-11-20-19(28-2)26(17)15-6-4-3-5-7-15/h3-12H,1-2H3,(H,22,27). The minimum Gasteiger partial charge on any atom is -0.321 e. The first kappa shape index (κ1) is 17.9. The summed E-state index contributed by atoms with van der Waals surface area (Å²) >= 11 is 1.49. The van der Waals surface area contributed by atoms with Crippen LogP contribution in [0, 0.1) is 6.92 Å². The number of tetrazole rings is 1. The fourth-order valence-electron chi connectivity index (χ4n) is 2.92. The van der Waals surface area contributed by atoms with Crippen LogP contribution >= 0.6 is 11.8 Å². The summed E-state index contributed by atoms with van der Waals surface area (Å²) in [6.07, 6.45) is 5.06. The molecule has 0 bridgehead atoms. The number of aryl methyl sites for hydroxylation is 1. The summed E-state index contributed by atoms with van der Waals surface area (Å²) < 4.78 is 3.43. The average molecular weight is 391 g/mol. The highest BCUT2D eigenvalue weighted by Crippen LogP contribution is 2.23. The average Bonchev–Trinajstić information content (AvgIpc) is 3.38. The van der Waals surface area contributed by atoms with Crippen LogP contribution in [-0.2, 0) is 0 Å². The molecule has 2 heterocycles. The molecule has 0 saturated heterocycles. The van der Waals surface area contributed by atoms with Crippen LogP contribution in [0.4, 0.5) is 5.69 Å². The van der Waals surface area contributed by atoms with E-state index in [9.17, 15) is 4.79 Å². The van der Waals surface area contributed by atoms with E-state index in [1.54, 1.807) is 10.9 Å². The largest absolute Gasteiger partial charge is 0.321 e. The van der Waals surface area contributed by atoms with Gasteiger partial charge in [0.05, 0.1) is 11.9 Å². The molecule has 4 rings (SSSR count). The smallest absolute Gasteiger partial charge is 0.274 e. The Balaban J connectivity index is 1.63. The van der Waals surface area contributed by atoms with Gasteiger partial charge in [0.25, 0.3) is 5.91 Å². The van der Waals surface area contributed by atoms with Crippen molar-refractivity contribution in [2.45, 2.75) is 12.1 Å². The molecule has 0 spiro atoms. The molecule has 0 aliphatic carbocycles. The Morgan fingerprint density at radius 1 is 1.14 bits per heavy atom. The van der Waals surface area contributed by atoms with Crippen LogP contribution in [0.25, 0.3) is 11.4 Å². The second-order valence-electron chi connectivity index (χ2n) is 6.01. The normalized spacial score (nSPS) is 10.8. The third kappa shape index (κ3) is 3.39. The molecule has 0 aliphatic rings. The highest BCUT2D eigenvalue weighted by atomic mass is 32.2. The van der Waals surface area contributed by atoms with E-state index in [0.717, 1.165) is 22.1 Å². The quantitative estimate of drug-likeness (QED) is 0.526. The molecule has 0 radical (unpaired) electrons. The third-order valence-electron chi connectivity index (χ3n) is 4.21. The molecular formula is C19H17N7OS. The maximum Gasteiger partial charge on any atom is 0.274 e. The molecule has 4 aromatic rings. The molecule has 28 heavy (non-hydrogen) atoms. The maximum absolute atomic E-state index is 12.9. The fraction of sp³-hybridized carbons (Fsp3) is 0.105. The minimum atomic E-state index is -0.230. The first-order valence-corrected chi connectivity index (χ1v) is 9.72. The van der Waals surface area contributed by atoms with Crippen molar-refractivity contribution in [1.29, 1.82) is 0 Å². The van der Waals surface area contributed by atoms with Gasteiger partial charge in [0, 0.05) is 11.4 Å². The number of benzene rings is 2. The van der Waals surface area contributed by atoms with Crippen LogP contribution in [0.15, 0.2) is 66.2 Å². The lowest BCUT2D eigenvalue weighted by atomic mass is 10.1. The summed E-state index contributed by atoms with van der Waals surface area (Å²) in [5.41, 5.74) is 3.83. The Bertz CT molecular complexity index is 1110. The summed E-state index contributed by atoms with van der Waals surface area (Å²) in [4.78, 5) is 17.3. The molecule has 0 fully saturated rings. The number of imidazole rings is 1. The van der Waals surface area contributed by atoms with Crippen molar-refractivity contribution >= 4 is 23.4 Å². The van der Waals surface area contributed by atoms with Crippen LogP contribution in [0.5, 0.6) is 0 Å². The van der Waals surface area contributed by atoms with Crippen molar-refractivity contribution in [3.8, 4) is 11.4 Å². The zero-order valence-electron chi connectivity index (χ0n) is 15.3. The van der Waals surface area contributed by atoms with Gasteiger partial charge in [0.2, 0.25) is 0 Å². The van der Waals surface area contributed by atoms with Crippen molar-refractivity contribution in [3.63, 3.8) is 0 Å². The molecule has 0 saturated carbocycles. The van der Waals surface area contributed by atoms with E-state index in [4.69, 9.17) is 0 Å². The van der Waals surface area contributed by atoms with Crippen molar-refractivity contribution in [2.24, 2.45) is 0 Å². The summed E-state index contributed by atoms with van der Waals surface area (Å²) in [5, 5.41) is 14.9. The summed E-state index contributed by atoms with van der Waals surface area (Å²) in [5.74, 6) is -0.230. The molecule has 0 unspecified atom stereocenters. The second kappa shape index (κ2) is 7.65. The number of nitrogens with zero attached hydrogens (tertiary/aromatic N) is 6. The van der Waals surface area contributed by atoms with E-state index in [1.165, 1.54) is 18.1 Å². The first-order valence-electron chi connectivity index (χ1n) is 8.50. The minimum absolute atomic E-state index is 0.230. The fourth-order valence-corrected chi connectivity index (χ4v) is 3.47. The van der Waals surface area contributed by atoms with Gasteiger partial charge in [0.1, 0.15) is 12.0 Å². The van der Waals surface area contributed by atoms with Gasteiger partial charge in [-0.05, 0) is 59.5 Å². The Hall–Kier alpha value is -3.46. The summed E-state index contributed by atoms with van der Waals surface area (Å²) in [6.45, 7) is 1.94. The van der Waals surface area contributed by atoms with E-state index < -0.39 is 0 Å². The number of carbonyl (C=O) groups is 1. The van der Waals surface area contributed by atoms with Gasteiger partial charge in [-0.25, -0.2) is 9.67 Å². The Morgan fingerprint density at radius 2 is 1.96 bits per heavy atom. The van der Waals surface area contributed by atoms with Crippen molar-refractivity contribution in [3.05, 3.63) is 72.3 Å². The van der Waals surface area contributed by atoms with Gasteiger partial charge in [-0.3, -0.25) is 9.36 Å². The number of carbonyl (C=O) groups excluding carboxylic acids is 1. The van der Waals surface area contributed by atoms with Gasteiger partial charge in [-0.15, -0.1) is 5.10 Å². The number of hydrogen-bond acceptors (Lipinski definition) is 6. The highest BCUT2D eigenvalue weighted by Gasteiger charge is 2.18. The van der Waals surface area contributed by atoms with Crippen LogP contribution in [-0.4, -0.2) is 41.9 Å². The number of hydrogen-bond donors (Lipinski definition) is 1. The third-order valence-corrected chi connectivity index (χ3v) is 4.86. The zero-order valence-corrected chi connectivity index (χ0v) is 16.1. The van der Waals surface area contributed by atoms with E-state index in [-0.39, 0.29) is 5.91 Å². The molecular weight excluding hydrogens is 374 g/mol. The predicted molar refractivity (Wildman–Crippen MR) is 107 cm³/mol. The van der Waals surface area contributed by atoms with E-state index in [1.807, 2.05) is 66.3 Å². The Morgan fingerprint density at radius 3 is 2.64 bits per heavy atom. The van der Waals surface area contributed by atoms with Crippen molar-refractivity contribution < 1.29 is 4.79 Å². The van der Waals surface area contributed by atoms with Crippen LogP contribution in [0.2, 0.25) is 0 Å². The molecule has 2 aromatic heterocycles. The van der Waals surface area contributed by atoms with E-state index in [2.05, 4.69) is 25.8 Å². The zero-order chi connectivity index (χ0) is 19.5. The number of anilines is 1. The van der Waals surface area contributed by atoms with Gasteiger partial charge >= 0.3 is 0 Å². The summed E-state index contributed by atoms with van der Waals surface area (Å²) in [7, 11) is 0. The molecule has 140 valence electrons. The van der Waals surface area contributed by atoms with E-state index in [0.29, 0.717) is 11.4 Å². The predicted octanol–water partition coefficient (Wildman–Crippen LogP) is 3.13. The van der Waals surface area contributed by atoms with Gasteiger partial charge in [-0.2, -0.15) is 0 Å².